The molecule has 0 radical (unpaired) electrons. The summed E-state index contributed by atoms with van der Waals surface area (Å²) in [6.07, 6.45) is 1.57. The largest absolute Gasteiger partial charge is 0.317 e. The summed E-state index contributed by atoms with van der Waals surface area (Å²) in [5.41, 5.74) is 4.47. The van der Waals surface area contributed by atoms with Gasteiger partial charge in [0.2, 0.25) is 0 Å². The van der Waals surface area contributed by atoms with Crippen LogP contribution in [0.3, 0.4) is 0 Å². The molecule has 0 aromatic heterocycles. The summed E-state index contributed by atoms with van der Waals surface area (Å²) in [5, 5.41) is 2.62. The molecule has 0 saturated carbocycles. The van der Waals surface area contributed by atoms with Gasteiger partial charge < -0.3 is 5.32 Å². The molecule has 0 spiro atoms. The van der Waals surface area contributed by atoms with Gasteiger partial charge in [-0.05, 0) is 46.9 Å². The van der Waals surface area contributed by atoms with E-state index in [1.165, 1.54) is 0 Å². The maximum absolute atomic E-state index is 12.5. The van der Waals surface area contributed by atoms with Crippen molar-refractivity contribution in [3.05, 3.63) is 75.4 Å². The number of hydrogen-bond acceptors (Lipinski definition) is 3. The SMILES string of the molecule is CC(C)(C)c1ccc(C(=O)NC(=Cc2ccc(Br)cc2)C(=O)NN)cc1. The molecule has 2 rings (SSSR count). The monoisotopic (exact) mass is 415 g/mol. The number of nitrogens with two attached hydrogens (primary N) is 1. The first-order valence-corrected chi connectivity index (χ1v) is 8.90. The standard InChI is InChI=1S/C20H22BrN3O2/c1-20(2,3)15-8-6-14(7-9-15)18(25)23-17(19(26)24-22)12-13-4-10-16(21)11-5-13/h4-12H,22H2,1-3H3,(H,23,25)(H,24,26). The maximum Gasteiger partial charge on any atom is 0.281 e. The maximum atomic E-state index is 12.5. The smallest absolute Gasteiger partial charge is 0.281 e. The van der Waals surface area contributed by atoms with Crippen LogP contribution in [-0.4, -0.2) is 11.8 Å². The first-order chi connectivity index (χ1) is 12.2. The summed E-state index contributed by atoms with van der Waals surface area (Å²) in [6, 6.07) is 14.6. The molecule has 0 fully saturated rings. The normalized spacial score (nSPS) is 11.8. The van der Waals surface area contributed by atoms with Gasteiger partial charge in [-0.2, -0.15) is 0 Å². The molecule has 0 aliphatic rings. The van der Waals surface area contributed by atoms with Crippen LogP contribution in [0.1, 0.15) is 42.3 Å². The van der Waals surface area contributed by atoms with Crippen molar-refractivity contribution in [2.45, 2.75) is 26.2 Å². The highest BCUT2D eigenvalue weighted by Crippen LogP contribution is 2.22. The van der Waals surface area contributed by atoms with Gasteiger partial charge >= 0.3 is 0 Å². The lowest BCUT2D eigenvalue weighted by molar-refractivity contribution is -0.117. The van der Waals surface area contributed by atoms with Crippen molar-refractivity contribution in [3.8, 4) is 0 Å². The predicted octanol–water partition coefficient (Wildman–Crippen LogP) is 3.51. The molecule has 0 bridgehead atoms. The summed E-state index contributed by atoms with van der Waals surface area (Å²) in [4.78, 5) is 24.5. The van der Waals surface area contributed by atoms with E-state index in [0.29, 0.717) is 5.56 Å². The van der Waals surface area contributed by atoms with Gasteiger partial charge in [0.15, 0.2) is 0 Å². The summed E-state index contributed by atoms with van der Waals surface area (Å²) >= 11 is 3.36. The molecule has 136 valence electrons. The summed E-state index contributed by atoms with van der Waals surface area (Å²) in [7, 11) is 0. The van der Waals surface area contributed by atoms with E-state index in [1.807, 2.05) is 36.4 Å². The van der Waals surface area contributed by atoms with Crippen molar-refractivity contribution in [1.82, 2.24) is 10.7 Å². The Labute approximate surface area is 161 Å². The van der Waals surface area contributed by atoms with Gasteiger partial charge in [0.25, 0.3) is 11.8 Å². The number of halogens is 1. The highest BCUT2D eigenvalue weighted by molar-refractivity contribution is 9.10. The van der Waals surface area contributed by atoms with E-state index < -0.39 is 5.91 Å². The van der Waals surface area contributed by atoms with Crippen molar-refractivity contribution in [1.29, 1.82) is 0 Å². The van der Waals surface area contributed by atoms with Gasteiger partial charge in [0.1, 0.15) is 5.70 Å². The number of hydrogen-bond donors (Lipinski definition) is 3. The average Bonchev–Trinajstić information content (AvgIpc) is 2.61. The van der Waals surface area contributed by atoms with Gasteiger partial charge in [-0.1, -0.05) is 61.0 Å². The van der Waals surface area contributed by atoms with Crippen LogP contribution in [0.15, 0.2) is 58.7 Å². The number of carbonyl (C=O) groups is 2. The van der Waals surface area contributed by atoms with E-state index in [-0.39, 0.29) is 17.0 Å². The van der Waals surface area contributed by atoms with Crippen LogP contribution < -0.4 is 16.6 Å². The fourth-order valence-electron chi connectivity index (χ4n) is 2.28. The van der Waals surface area contributed by atoms with Crippen LogP contribution in [0.2, 0.25) is 0 Å². The molecule has 0 atom stereocenters. The van der Waals surface area contributed by atoms with Crippen LogP contribution >= 0.6 is 15.9 Å². The molecule has 5 nitrogen and oxygen atoms in total. The van der Waals surface area contributed by atoms with Crippen LogP contribution in [0.5, 0.6) is 0 Å². The molecule has 2 amide bonds. The minimum atomic E-state index is -0.576. The van der Waals surface area contributed by atoms with E-state index in [0.717, 1.165) is 15.6 Å². The first-order valence-electron chi connectivity index (χ1n) is 8.11. The van der Waals surface area contributed by atoms with Crippen LogP contribution in [-0.2, 0) is 10.2 Å². The molecule has 0 aliphatic heterocycles. The number of rotatable bonds is 4. The van der Waals surface area contributed by atoms with E-state index in [9.17, 15) is 9.59 Å². The zero-order valence-electron chi connectivity index (χ0n) is 15.0. The molecule has 2 aromatic carbocycles. The Hall–Kier alpha value is -2.44. The van der Waals surface area contributed by atoms with Gasteiger partial charge in [-0.25, -0.2) is 5.84 Å². The molecule has 0 heterocycles. The van der Waals surface area contributed by atoms with Crippen molar-refractivity contribution < 1.29 is 9.59 Å². The first kappa shape index (κ1) is 19.9. The zero-order valence-corrected chi connectivity index (χ0v) is 16.6. The summed E-state index contributed by atoms with van der Waals surface area (Å²) in [6.45, 7) is 6.31. The molecule has 0 aliphatic carbocycles. The Morgan fingerprint density at radius 1 is 1.00 bits per heavy atom. The van der Waals surface area contributed by atoms with Gasteiger partial charge in [0, 0.05) is 10.0 Å². The van der Waals surface area contributed by atoms with E-state index in [4.69, 9.17) is 5.84 Å². The summed E-state index contributed by atoms with van der Waals surface area (Å²) in [5.74, 6) is 4.28. The van der Waals surface area contributed by atoms with E-state index in [2.05, 4.69) is 47.4 Å². The molecular weight excluding hydrogens is 394 g/mol. The Bertz CT molecular complexity index is 820. The lowest BCUT2D eigenvalue weighted by Crippen LogP contribution is -2.38. The second-order valence-corrected chi connectivity index (χ2v) is 7.78. The third-order valence-corrected chi connectivity index (χ3v) is 4.35. The van der Waals surface area contributed by atoms with Gasteiger partial charge in [-0.3, -0.25) is 15.0 Å². The number of nitrogens with one attached hydrogen (secondary N) is 2. The summed E-state index contributed by atoms with van der Waals surface area (Å²) < 4.78 is 0.919. The van der Waals surface area contributed by atoms with Gasteiger partial charge in [-0.15, -0.1) is 0 Å². The van der Waals surface area contributed by atoms with Crippen molar-refractivity contribution in [2.24, 2.45) is 5.84 Å². The Morgan fingerprint density at radius 3 is 2.08 bits per heavy atom. The second kappa shape index (κ2) is 8.29. The highest BCUT2D eigenvalue weighted by atomic mass is 79.9. The van der Waals surface area contributed by atoms with E-state index >= 15 is 0 Å². The molecule has 6 heteroatoms. The molecule has 0 unspecified atom stereocenters. The highest BCUT2D eigenvalue weighted by Gasteiger charge is 2.16. The minimum absolute atomic E-state index is 0.00108. The quantitative estimate of drug-likeness (QED) is 0.309. The van der Waals surface area contributed by atoms with Crippen LogP contribution in [0, 0.1) is 0 Å². The van der Waals surface area contributed by atoms with E-state index in [1.54, 1.807) is 18.2 Å². The number of benzene rings is 2. The molecule has 2 aromatic rings. The van der Waals surface area contributed by atoms with Crippen molar-refractivity contribution in [2.75, 3.05) is 0 Å². The predicted molar refractivity (Wildman–Crippen MR) is 107 cm³/mol. The molecule has 26 heavy (non-hydrogen) atoms. The second-order valence-electron chi connectivity index (χ2n) is 6.86. The van der Waals surface area contributed by atoms with Crippen molar-refractivity contribution in [3.63, 3.8) is 0 Å². The number of carbonyl (C=O) groups excluding carboxylic acids is 2. The molecule has 0 saturated heterocycles. The molecule has 4 N–H and O–H groups in total. The number of hydrazine groups is 1. The third-order valence-electron chi connectivity index (χ3n) is 3.82. The Morgan fingerprint density at radius 2 is 1.58 bits per heavy atom. The van der Waals surface area contributed by atoms with Crippen molar-refractivity contribution >= 4 is 33.8 Å². The Kier molecular flexibility index (Phi) is 6.34. The Balaban J connectivity index is 2.24. The van der Waals surface area contributed by atoms with Gasteiger partial charge in [0.05, 0.1) is 0 Å². The van der Waals surface area contributed by atoms with Crippen LogP contribution in [0.25, 0.3) is 6.08 Å². The number of amides is 2. The fraction of sp³-hybridized carbons (Fsp3) is 0.200. The third kappa shape index (κ3) is 5.28. The topological polar surface area (TPSA) is 84.2 Å². The lowest BCUT2D eigenvalue weighted by Gasteiger charge is -2.19. The fourth-order valence-corrected chi connectivity index (χ4v) is 2.54. The van der Waals surface area contributed by atoms with Crippen LogP contribution in [0.4, 0.5) is 0 Å². The lowest BCUT2D eigenvalue weighted by atomic mass is 9.87. The zero-order chi connectivity index (χ0) is 19.3. The average molecular weight is 416 g/mol. The minimum Gasteiger partial charge on any atom is -0.317 e. The molecular formula is C20H22BrN3O2.